The first kappa shape index (κ1) is 18.3. The van der Waals surface area contributed by atoms with E-state index in [1.54, 1.807) is 41.4 Å². The van der Waals surface area contributed by atoms with E-state index in [-0.39, 0.29) is 18.4 Å². The molecule has 3 aromatic rings. The van der Waals surface area contributed by atoms with Crippen LogP contribution >= 0.6 is 11.6 Å². The van der Waals surface area contributed by atoms with E-state index in [1.165, 1.54) is 0 Å². The van der Waals surface area contributed by atoms with Crippen LogP contribution in [0.2, 0.25) is 5.02 Å². The second-order valence-corrected chi connectivity index (χ2v) is 7.27. The topological polar surface area (TPSA) is 82.3 Å². The van der Waals surface area contributed by atoms with Gasteiger partial charge in [0.05, 0.1) is 5.56 Å². The highest BCUT2D eigenvalue weighted by Crippen LogP contribution is 2.26. The maximum Gasteiger partial charge on any atom is 0.292 e. The van der Waals surface area contributed by atoms with E-state index in [0.717, 1.165) is 11.2 Å². The number of Topliss-reactive ketones (excluding diaryl/α,β-unsaturated/α-hetero) is 1. The van der Waals surface area contributed by atoms with Crippen LogP contribution in [-0.2, 0) is 9.59 Å². The van der Waals surface area contributed by atoms with Gasteiger partial charge in [-0.25, -0.2) is 0 Å². The van der Waals surface area contributed by atoms with Gasteiger partial charge in [0.2, 0.25) is 5.91 Å². The van der Waals surface area contributed by atoms with Crippen molar-refractivity contribution in [3.05, 3.63) is 65.3 Å². The summed E-state index contributed by atoms with van der Waals surface area (Å²) in [6.07, 6.45) is 1.87. The average molecular weight is 396 g/mol. The van der Waals surface area contributed by atoms with Crippen LogP contribution in [0, 0.1) is 5.92 Å². The lowest BCUT2D eigenvalue weighted by molar-refractivity contribution is -0.118. The van der Waals surface area contributed by atoms with Gasteiger partial charge in [0.25, 0.3) is 11.7 Å². The Kier molecular flexibility index (Phi) is 4.88. The molecule has 1 aliphatic rings. The van der Waals surface area contributed by atoms with Crippen molar-refractivity contribution >= 4 is 45.8 Å². The molecule has 1 atom stereocenters. The van der Waals surface area contributed by atoms with Crippen molar-refractivity contribution in [3.8, 4) is 0 Å². The van der Waals surface area contributed by atoms with Gasteiger partial charge in [0, 0.05) is 53.2 Å². The summed E-state index contributed by atoms with van der Waals surface area (Å²) >= 11 is 5.89. The summed E-state index contributed by atoms with van der Waals surface area (Å²) in [6.45, 7) is 0.755. The molecular weight excluding hydrogens is 378 g/mol. The van der Waals surface area contributed by atoms with Crippen molar-refractivity contribution in [2.75, 3.05) is 18.0 Å². The lowest BCUT2D eigenvalue weighted by atomic mass is 10.1. The molecule has 0 saturated carbocycles. The van der Waals surface area contributed by atoms with Crippen molar-refractivity contribution in [1.82, 2.24) is 10.3 Å². The maximum absolute atomic E-state index is 12.5. The second kappa shape index (κ2) is 7.48. The van der Waals surface area contributed by atoms with E-state index >= 15 is 0 Å². The Bertz CT molecular complexity index is 1060. The van der Waals surface area contributed by atoms with Gasteiger partial charge in [-0.1, -0.05) is 29.8 Å². The third kappa shape index (κ3) is 3.51. The first-order valence-corrected chi connectivity index (χ1v) is 9.35. The summed E-state index contributed by atoms with van der Waals surface area (Å²) in [5.74, 6) is -1.31. The second-order valence-electron chi connectivity index (χ2n) is 6.84. The molecule has 2 aromatic carbocycles. The zero-order chi connectivity index (χ0) is 19.7. The summed E-state index contributed by atoms with van der Waals surface area (Å²) in [6, 6.07) is 14.4. The number of benzene rings is 2. The number of aromatic nitrogens is 1. The number of rotatable bonds is 5. The molecule has 2 heterocycles. The number of nitrogens with zero attached hydrogens (tertiary/aromatic N) is 1. The molecule has 1 fully saturated rings. The van der Waals surface area contributed by atoms with Crippen LogP contribution in [-0.4, -0.2) is 35.7 Å². The summed E-state index contributed by atoms with van der Waals surface area (Å²) in [4.78, 5) is 41.8. The smallest absolute Gasteiger partial charge is 0.292 e. The molecule has 0 bridgehead atoms. The molecule has 0 aliphatic carbocycles. The molecular formula is C21H18ClN3O3. The Morgan fingerprint density at radius 3 is 2.68 bits per heavy atom. The van der Waals surface area contributed by atoms with Crippen LogP contribution in [0.15, 0.2) is 54.7 Å². The van der Waals surface area contributed by atoms with Crippen LogP contribution < -0.4 is 10.2 Å². The zero-order valence-electron chi connectivity index (χ0n) is 14.9. The number of fused-ring (bicyclic) bond motifs is 1. The SMILES string of the molecule is O=C(NCC1CC(=O)N(c2ccc(Cl)cc2)C1)C(=O)c1c[nH]c2ccccc12. The van der Waals surface area contributed by atoms with Gasteiger partial charge in [0.15, 0.2) is 0 Å². The van der Waals surface area contributed by atoms with E-state index < -0.39 is 11.7 Å². The minimum atomic E-state index is -0.665. The molecule has 6 nitrogen and oxygen atoms in total. The highest BCUT2D eigenvalue weighted by molar-refractivity contribution is 6.45. The van der Waals surface area contributed by atoms with Gasteiger partial charge < -0.3 is 15.2 Å². The highest BCUT2D eigenvalue weighted by Gasteiger charge is 2.31. The van der Waals surface area contributed by atoms with E-state index in [4.69, 9.17) is 11.6 Å². The molecule has 7 heteroatoms. The normalized spacial score (nSPS) is 16.5. The van der Waals surface area contributed by atoms with Crippen molar-refractivity contribution in [3.63, 3.8) is 0 Å². The summed E-state index contributed by atoms with van der Waals surface area (Å²) < 4.78 is 0. The summed E-state index contributed by atoms with van der Waals surface area (Å²) in [5, 5.41) is 4.00. The number of anilines is 1. The predicted octanol–water partition coefficient (Wildman–Crippen LogP) is 3.17. The third-order valence-electron chi connectivity index (χ3n) is 4.93. The standard InChI is InChI=1S/C21H18ClN3O3/c22-14-5-7-15(8-6-14)25-12-13(9-19(25)26)10-24-21(28)20(27)17-11-23-18-4-2-1-3-16(17)18/h1-8,11,13,23H,9-10,12H2,(H,24,28). The number of carbonyl (C=O) groups is 3. The maximum atomic E-state index is 12.5. The Balaban J connectivity index is 1.38. The van der Waals surface area contributed by atoms with E-state index in [2.05, 4.69) is 10.3 Å². The quantitative estimate of drug-likeness (QED) is 0.514. The highest BCUT2D eigenvalue weighted by atomic mass is 35.5. The third-order valence-corrected chi connectivity index (χ3v) is 5.19. The predicted molar refractivity (Wildman–Crippen MR) is 108 cm³/mol. The average Bonchev–Trinajstić information content (AvgIpc) is 3.29. The van der Waals surface area contributed by atoms with Crippen LogP contribution in [0.5, 0.6) is 0 Å². The fourth-order valence-electron chi connectivity index (χ4n) is 3.49. The Hall–Kier alpha value is -3.12. The van der Waals surface area contributed by atoms with Gasteiger partial charge in [-0.2, -0.15) is 0 Å². The fourth-order valence-corrected chi connectivity index (χ4v) is 3.61. The first-order chi connectivity index (χ1) is 13.5. The largest absolute Gasteiger partial charge is 0.360 e. The van der Waals surface area contributed by atoms with Gasteiger partial charge in [-0.3, -0.25) is 14.4 Å². The van der Waals surface area contributed by atoms with Gasteiger partial charge in [0.1, 0.15) is 0 Å². The number of carbonyl (C=O) groups excluding carboxylic acids is 3. The van der Waals surface area contributed by atoms with Crippen LogP contribution in [0.1, 0.15) is 16.8 Å². The molecule has 28 heavy (non-hydrogen) atoms. The molecule has 0 spiro atoms. The fraction of sp³-hybridized carbons (Fsp3) is 0.190. The summed E-state index contributed by atoms with van der Waals surface area (Å²) in [5.41, 5.74) is 1.93. The van der Waals surface area contributed by atoms with Crippen molar-refractivity contribution in [2.24, 2.45) is 5.92 Å². The summed E-state index contributed by atoms with van der Waals surface area (Å²) in [7, 11) is 0. The number of aromatic amines is 1. The minimum Gasteiger partial charge on any atom is -0.360 e. The number of hydrogen-bond donors (Lipinski definition) is 2. The lowest BCUT2D eigenvalue weighted by Crippen LogP contribution is -2.35. The van der Waals surface area contributed by atoms with Crippen LogP contribution in [0.25, 0.3) is 10.9 Å². The number of amides is 2. The minimum absolute atomic E-state index is 0.00970. The number of halogens is 1. The molecule has 2 amide bonds. The van der Waals surface area contributed by atoms with E-state index in [0.29, 0.717) is 28.9 Å². The number of ketones is 1. The molecule has 1 saturated heterocycles. The van der Waals surface area contributed by atoms with Crippen LogP contribution in [0.4, 0.5) is 5.69 Å². The Morgan fingerprint density at radius 1 is 1.14 bits per heavy atom. The number of nitrogens with one attached hydrogen (secondary N) is 2. The van der Waals surface area contributed by atoms with Crippen molar-refractivity contribution < 1.29 is 14.4 Å². The monoisotopic (exact) mass is 395 g/mol. The molecule has 4 rings (SSSR count). The molecule has 0 radical (unpaired) electrons. The van der Waals surface area contributed by atoms with Crippen molar-refractivity contribution in [1.29, 1.82) is 0 Å². The van der Waals surface area contributed by atoms with Gasteiger partial charge in [-0.05, 0) is 30.3 Å². The van der Waals surface area contributed by atoms with Gasteiger partial charge in [-0.15, -0.1) is 0 Å². The van der Waals surface area contributed by atoms with Gasteiger partial charge >= 0.3 is 0 Å². The lowest BCUT2D eigenvalue weighted by Gasteiger charge is -2.17. The molecule has 2 N–H and O–H groups in total. The molecule has 142 valence electrons. The first-order valence-electron chi connectivity index (χ1n) is 8.97. The number of H-pyrrole nitrogens is 1. The number of hydrogen-bond acceptors (Lipinski definition) is 3. The van der Waals surface area contributed by atoms with Crippen LogP contribution in [0.3, 0.4) is 0 Å². The molecule has 1 aromatic heterocycles. The Morgan fingerprint density at radius 2 is 1.89 bits per heavy atom. The van der Waals surface area contributed by atoms with E-state index in [9.17, 15) is 14.4 Å². The molecule has 1 aliphatic heterocycles. The van der Waals surface area contributed by atoms with Crippen molar-refractivity contribution in [2.45, 2.75) is 6.42 Å². The Labute approximate surface area is 166 Å². The zero-order valence-corrected chi connectivity index (χ0v) is 15.7. The van der Waals surface area contributed by atoms with E-state index in [1.807, 2.05) is 18.2 Å². The molecule has 1 unspecified atom stereocenters. The number of para-hydroxylation sites is 1.